The highest BCUT2D eigenvalue weighted by atomic mass is 16.2. The molecule has 0 bridgehead atoms. The molecular weight excluding hydrogens is 240 g/mol. The highest BCUT2D eigenvalue weighted by molar-refractivity contribution is 5.97. The van der Waals surface area contributed by atoms with E-state index in [0.717, 1.165) is 29.1 Å². The Bertz CT molecular complexity index is 619. The maximum absolute atomic E-state index is 12.3. The first-order chi connectivity index (χ1) is 9.15. The number of carbonyl (C=O) groups excluding carboxylic acids is 1. The van der Waals surface area contributed by atoms with Crippen LogP contribution in [0.1, 0.15) is 34.4 Å². The number of carbonyl (C=O) groups is 1. The molecule has 98 valence electrons. The topological polar surface area (TPSA) is 61.9 Å². The summed E-state index contributed by atoms with van der Waals surface area (Å²) in [5.74, 6) is 0.0721. The third-order valence-electron chi connectivity index (χ3n) is 3.50. The monoisotopic (exact) mass is 256 g/mol. The number of nitrogens with one attached hydrogen (secondary N) is 1. The van der Waals surface area contributed by atoms with Crippen LogP contribution in [0.3, 0.4) is 0 Å². The van der Waals surface area contributed by atoms with Gasteiger partial charge < -0.3 is 4.90 Å². The third-order valence-corrected chi connectivity index (χ3v) is 3.50. The summed E-state index contributed by atoms with van der Waals surface area (Å²) in [6.45, 7) is 4.62. The number of hydrogen-bond donors (Lipinski definition) is 1. The first kappa shape index (κ1) is 11.9. The van der Waals surface area contributed by atoms with Gasteiger partial charge in [0, 0.05) is 24.4 Å². The first-order valence-corrected chi connectivity index (χ1v) is 6.41. The molecule has 1 aliphatic rings. The lowest BCUT2D eigenvalue weighted by atomic mass is 10.1. The molecule has 0 radical (unpaired) electrons. The fourth-order valence-corrected chi connectivity index (χ4v) is 2.49. The van der Waals surface area contributed by atoms with Gasteiger partial charge in [-0.1, -0.05) is 0 Å². The molecule has 5 heteroatoms. The molecule has 0 saturated heterocycles. The predicted octanol–water partition coefficient (Wildman–Crippen LogP) is 1.70. The lowest BCUT2D eigenvalue weighted by Gasteiger charge is -2.23. The molecule has 0 saturated carbocycles. The normalized spacial score (nSPS) is 15.7. The van der Waals surface area contributed by atoms with Crippen molar-refractivity contribution in [2.75, 3.05) is 0 Å². The zero-order valence-electron chi connectivity index (χ0n) is 11.1. The zero-order chi connectivity index (χ0) is 13.4. The van der Waals surface area contributed by atoms with E-state index in [2.05, 4.69) is 15.2 Å². The number of pyridine rings is 1. The van der Waals surface area contributed by atoms with Gasteiger partial charge in [-0.15, -0.1) is 0 Å². The summed E-state index contributed by atoms with van der Waals surface area (Å²) in [6.07, 6.45) is 2.49. The molecule has 0 unspecified atom stereocenters. The van der Waals surface area contributed by atoms with Gasteiger partial charge in [0.05, 0.1) is 23.5 Å². The van der Waals surface area contributed by atoms with E-state index in [1.807, 2.05) is 36.9 Å². The number of hydrogen-bond acceptors (Lipinski definition) is 3. The van der Waals surface area contributed by atoms with Crippen molar-refractivity contribution in [3.8, 4) is 0 Å². The molecule has 1 amide bonds. The lowest BCUT2D eigenvalue weighted by molar-refractivity contribution is 0.0715. The van der Waals surface area contributed by atoms with Crippen molar-refractivity contribution in [3.05, 3.63) is 47.0 Å². The van der Waals surface area contributed by atoms with Crippen molar-refractivity contribution in [3.63, 3.8) is 0 Å². The van der Waals surface area contributed by atoms with Crippen molar-refractivity contribution in [2.45, 2.75) is 32.9 Å². The fraction of sp³-hybridized carbons (Fsp3) is 0.357. The number of rotatable bonds is 3. The molecule has 2 aromatic heterocycles. The minimum Gasteiger partial charge on any atom is -0.330 e. The highest BCUT2D eigenvalue weighted by Crippen LogP contribution is 2.23. The van der Waals surface area contributed by atoms with E-state index < -0.39 is 0 Å². The van der Waals surface area contributed by atoms with Gasteiger partial charge in [-0.3, -0.25) is 14.9 Å². The van der Waals surface area contributed by atoms with Crippen molar-refractivity contribution in [1.29, 1.82) is 0 Å². The Morgan fingerprint density at radius 2 is 2.37 bits per heavy atom. The molecule has 19 heavy (non-hydrogen) atoms. The quantitative estimate of drug-likeness (QED) is 0.909. The Hall–Kier alpha value is -2.17. The van der Waals surface area contributed by atoms with Gasteiger partial charge >= 0.3 is 0 Å². The Labute approximate surface area is 111 Å². The smallest absolute Gasteiger partial charge is 0.256 e. The second-order valence-electron chi connectivity index (χ2n) is 5.03. The maximum Gasteiger partial charge on any atom is 0.256 e. The number of H-pyrrole nitrogens is 1. The van der Waals surface area contributed by atoms with Crippen LogP contribution in [0.5, 0.6) is 0 Å². The van der Waals surface area contributed by atoms with E-state index in [1.54, 1.807) is 6.20 Å². The molecule has 2 aromatic rings. The van der Waals surface area contributed by atoms with E-state index in [-0.39, 0.29) is 11.9 Å². The molecule has 1 aliphatic heterocycles. The summed E-state index contributed by atoms with van der Waals surface area (Å²) >= 11 is 0. The summed E-state index contributed by atoms with van der Waals surface area (Å²) in [7, 11) is 0. The van der Waals surface area contributed by atoms with Gasteiger partial charge in [0.15, 0.2) is 0 Å². The molecule has 3 rings (SSSR count). The van der Waals surface area contributed by atoms with Crippen molar-refractivity contribution >= 4 is 5.91 Å². The summed E-state index contributed by atoms with van der Waals surface area (Å²) in [5, 5.41) is 7.15. The van der Waals surface area contributed by atoms with Crippen molar-refractivity contribution in [2.24, 2.45) is 0 Å². The number of aromatic amines is 1. The maximum atomic E-state index is 12.3. The zero-order valence-corrected chi connectivity index (χ0v) is 11.1. The van der Waals surface area contributed by atoms with Gasteiger partial charge in [-0.2, -0.15) is 5.10 Å². The molecular formula is C14H16N4O. The predicted molar refractivity (Wildman–Crippen MR) is 70.6 cm³/mol. The number of amides is 1. The van der Waals surface area contributed by atoms with Crippen LogP contribution in [0.4, 0.5) is 0 Å². The molecule has 0 aromatic carbocycles. The van der Waals surface area contributed by atoms with Crippen LogP contribution in [0.2, 0.25) is 0 Å². The van der Waals surface area contributed by atoms with Gasteiger partial charge in [-0.25, -0.2) is 0 Å². The number of aromatic nitrogens is 3. The van der Waals surface area contributed by atoms with E-state index in [0.29, 0.717) is 6.54 Å². The summed E-state index contributed by atoms with van der Waals surface area (Å²) < 4.78 is 0. The summed E-state index contributed by atoms with van der Waals surface area (Å²) in [4.78, 5) is 18.4. The Morgan fingerprint density at radius 3 is 3.05 bits per heavy atom. The molecule has 0 aliphatic carbocycles. The van der Waals surface area contributed by atoms with Crippen LogP contribution in [0.15, 0.2) is 24.4 Å². The van der Waals surface area contributed by atoms with Crippen LogP contribution in [0.25, 0.3) is 0 Å². The van der Waals surface area contributed by atoms with Crippen LogP contribution in [-0.4, -0.2) is 32.0 Å². The summed E-state index contributed by atoms with van der Waals surface area (Å²) in [6, 6.07) is 5.78. The van der Waals surface area contributed by atoms with E-state index in [1.165, 1.54) is 0 Å². The van der Waals surface area contributed by atoms with Crippen LogP contribution in [0, 0.1) is 6.92 Å². The first-order valence-electron chi connectivity index (χ1n) is 6.41. The number of aryl methyl sites for hydroxylation is 1. The van der Waals surface area contributed by atoms with Crippen LogP contribution >= 0.6 is 0 Å². The Balaban J connectivity index is 1.76. The average Bonchev–Trinajstić information content (AvgIpc) is 2.94. The minimum atomic E-state index is 0.0721. The second-order valence-corrected chi connectivity index (χ2v) is 5.03. The number of fused-ring (bicyclic) bond motifs is 1. The lowest BCUT2D eigenvalue weighted by Crippen LogP contribution is -2.34. The molecule has 1 atom stereocenters. The average molecular weight is 256 g/mol. The largest absolute Gasteiger partial charge is 0.330 e. The number of nitrogens with zero attached hydrogens (tertiary/aromatic N) is 3. The molecule has 3 heterocycles. The fourth-order valence-electron chi connectivity index (χ4n) is 2.49. The molecule has 0 fully saturated rings. The van der Waals surface area contributed by atoms with Crippen molar-refractivity contribution in [1.82, 2.24) is 20.1 Å². The second kappa shape index (κ2) is 4.50. The molecule has 5 nitrogen and oxygen atoms in total. The summed E-state index contributed by atoms with van der Waals surface area (Å²) in [5.41, 5.74) is 3.63. The SMILES string of the molecule is Cc1cc(C[C@H](C)N2Cc3ncccc3C2=O)n[nH]1. The van der Waals surface area contributed by atoms with E-state index in [9.17, 15) is 4.79 Å². The molecule has 0 spiro atoms. The highest BCUT2D eigenvalue weighted by Gasteiger charge is 2.31. The van der Waals surface area contributed by atoms with Crippen molar-refractivity contribution < 1.29 is 4.79 Å². The van der Waals surface area contributed by atoms with Crippen LogP contribution < -0.4 is 0 Å². The van der Waals surface area contributed by atoms with Gasteiger partial charge in [0.2, 0.25) is 0 Å². The standard InChI is InChI=1S/C14H16N4O/c1-9-6-11(17-16-9)7-10(2)18-8-13-12(14(18)19)4-3-5-15-13/h3-6,10H,7-8H2,1-2H3,(H,16,17)/t10-/m0/s1. The van der Waals surface area contributed by atoms with E-state index >= 15 is 0 Å². The van der Waals surface area contributed by atoms with Gasteiger partial charge in [-0.05, 0) is 32.0 Å². The Kier molecular flexibility index (Phi) is 2.81. The third kappa shape index (κ3) is 2.12. The van der Waals surface area contributed by atoms with Gasteiger partial charge in [0.1, 0.15) is 0 Å². The Morgan fingerprint density at radius 1 is 1.53 bits per heavy atom. The minimum absolute atomic E-state index is 0.0721. The van der Waals surface area contributed by atoms with Crippen LogP contribution in [-0.2, 0) is 13.0 Å². The molecule has 1 N–H and O–H groups in total. The van der Waals surface area contributed by atoms with Gasteiger partial charge in [0.25, 0.3) is 5.91 Å². The van der Waals surface area contributed by atoms with E-state index in [4.69, 9.17) is 0 Å².